The number of Topliss-reactive ketones (excluding diaryl/α,β-unsaturated/α-hetero) is 1. The van der Waals surface area contributed by atoms with Crippen molar-refractivity contribution in [1.82, 2.24) is 4.90 Å². The molecule has 1 N–H and O–H groups in total. The lowest BCUT2D eigenvalue weighted by Crippen LogP contribution is -2.31. The average molecular weight is 474 g/mol. The zero-order valence-electron chi connectivity index (χ0n) is 19.9. The average Bonchev–Trinajstić information content (AvgIpc) is 3.16. The first kappa shape index (κ1) is 23.9. The van der Waals surface area contributed by atoms with Gasteiger partial charge >= 0.3 is 0 Å². The molecule has 1 saturated heterocycles. The number of aliphatic hydroxyl groups is 1. The van der Waals surface area contributed by atoms with E-state index in [1.54, 1.807) is 51.7 Å². The number of methoxy groups -OCH3 is 3. The highest BCUT2D eigenvalue weighted by Crippen LogP contribution is 2.39. The molecule has 0 bridgehead atoms. The lowest BCUT2D eigenvalue weighted by Gasteiger charge is -2.25. The van der Waals surface area contributed by atoms with Gasteiger partial charge in [-0.2, -0.15) is 0 Å². The Morgan fingerprint density at radius 2 is 1.54 bits per heavy atom. The molecule has 7 heteroatoms. The highest BCUT2D eigenvalue weighted by Gasteiger charge is 2.45. The number of carbonyl (C=O) groups excluding carboxylic acids is 2. The molecule has 7 nitrogen and oxygen atoms in total. The van der Waals surface area contributed by atoms with Crippen LogP contribution in [0.2, 0.25) is 0 Å². The van der Waals surface area contributed by atoms with Crippen molar-refractivity contribution in [3.63, 3.8) is 0 Å². The lowest BCUT2D eigenvalue weighted by atomic mass is 9.95. The largest absolute Gasteiger partial charge is 0.507 e. The monoisotopic (exact) mass is 473 g/mol. The number of carbonyl (C=O) groups is 2. The molecule has 0 radical (unpaired) electrons. The summed E-state index contributed by atoms with van der Waals surface area (Å²) in [7, 11) is 4.68. The third kappa shape index (κ3) is 4.71. The van der Waals surface area contributed by atoms with Gasteiger partial charge in [-0.05, 0) is 53.9 Å². The maximum atomic E-state index is 13.2. The molecule has 0 aromatic heterocycles. The van der Waals surface area contributed by atoms with Gasteiger partial charge in [0.2, 0.25) is 0 Å². The van der Waals surface area contributed by atoms with E-state index in [1.807, 2.05) is 42.5 Å². The van der Waals surface area contributed by atoms with Crippen LogP contribution in [0.3, 0.4) is 0 Å². The highest BCUT2D eigenvalue weighted by molar-refractivity contribution is 6.46. The van der Waals surface area contributed by atoms with E-state index in [0.29, 0.717) is 29.2 Å². The second-order valence-corrected chi connectivity index (χ2v) is 8.07. The van der Waals surface area contributed by atoms with E-state index in [0.717, 1.165) is 11.1 Å². The number of ether oxygens (including phenoxy) is 3. The molecular weight excluding hydrogens is 446 g/mol. The number of likely N-dealkylation sites (tertiary alicyclic amines) is 1. The summed E-state index contributed by atoms with van der Waals surface area (Å²) < 4.78 is 15.9. The van der Waals surface area contributed by atoms with Crippen LogP contribution in [-0.2, 0) is 16.0 Å². The van der Waals surface area contributed by atoms with Gasteiger partial charge in [0.05, 0.1) is 32.9 Å². The zero-order valence-corrected chi connectivity index (χ0v) is 19.9. The minimum atomic E-state index is -0.710. The molecule has 35 heavy (non-hydrogen) atoms. The van der Waals surface area contributed by atoms with E-state index < -0.39 is 17.7 Å². The van der Waals surface area contributed by atoms with Gasteiger partial charge in [-0.25, -0.2) is 0 Å². The third-order valence-corrected chi connectivity index (χ3v) is 6.11. The molecule has 1 unspecified atom stereocenters. The fraction of sp³-hybridized carbons (Fsp3) is 0.214. The summed E-state index contributed by atoms with van der Waals surface area (Å²) in [6, 6.07) is 20.8. The number of hydrogen-bond acceptors (Lipinski definition) is 6. The normalized spacial score (nSPS) is 16.9. The molecule has 180 valence electrons. The molecule has 1 aliphatic rings. The summed E-state index contributed by atoms with van der Waals surface area (Å²) in [6.07, 6.45) is 0.485. The van der Waals surface area contributed by atoms with Crippen molar-refractivity contribution >= 4 is 17.4 Å². The Hall–Kier alpha value is -4.26. The molecule has 4 rings (SSSR count). The number of aliphatic hydroxyl groups excluding tert-OH is 1. The molecule has 3 aromatic rings. The molecular formula is C28H27NO6. The summed E-state index contributed by atoms with van der Waals surface area (Å²) in [6.45, 7) is 0.277. The maximum Gasteiger partial charge on any atom is 0.295 e. The molecule has 3 aromatic carbocycles. The Kier molecular flexibility index (Phi) is 7.06. The van der Waals surface area contributed by atoms with Crippen molar-refractivity contribution in [2.45, 2.75) is 12.5 Å². The second kappa shape index (κ2) is 10.3. The minimum Gasteiger partial charge on any atom is -0.507 e. The molecule has 1 fully saturated rings. The summed E-state index contributed by atoms with van der Waals surface area (Å²) in [5.74, 6) is 0.255. The smallest absolute Gasteiger partial charge is 0.295 e. The lowest BCUT2D eigenvalue weighted by molar-refractivity contribution is -0.139. The summed E-state index contributed by atoms with van der Waals surface area (Å²) in [4.78, 5) is 27.8. The topological polar surface area (TPSA) is 85.3 Å². The zero-order chi connectivity index (χ0) is 24.9. The Morgan fingerprint density at radius 3 is 2.17 bits per heavy atom. The van der Waals surface area contributed by atoms with Crippen LogP contribution in [0, 0.1) is 0 Å². The van der Waals surface area contributed by atoms with Crippen LogP contribution in [0.15, 0.2) is 78.4 Å². The van der Waals surface area contributed by atoms with Crippen molar-refractivity contribution in [3.05, 3.63) is 95.1 Å². The third-order valence-electron chi connectivity index (χ3n) is 6.11. The number of nitrogens with zero attached hydrogens (tertiary/aromatic N) is 1. The Labute approximate surface area is 204 Å². The summed E-state index contributed by atoms with van der Waals surface area (Å²) in [5, 5.41) is 11.1. The van der Waals surface area contributed by atoms with Gasteiger partial charge in [0.15, 0.2) is 11.5 Å². The van der Waals surface area contributed by atoms with Crippen LogP contribution in [0.4, 0.5) is 0 Å². The fourth-order valence-electron chi connectivity index (χ4n) is 4.28. The van der Waals surface area contributed by atoms with Crippen LogP contribution < -0.4 is 14.2 Å². The van der Waals surface area contributed by atoms with Crippen LogP contribution in [0.25, 0.3) is 5.76 Å². The number of benzene rings is 3. The van der Waals surface area contributed by atoms with E-state index in [9.17, 15) is 14.7 Å². The Balaban J connectivity index is 1.71. The first-order valence-corrected chi connectivity index (χ1v) is 11.2. The highest BCUT2D eigenvalue weighted by atomic mass is 16.5. The minimum absolute atomic E-state index is 0.0682. The Morgan fingerprint density at radius 1 is 0.857 bits per heavy atom. The molecule has 1 heterocycles. The predicted octanol–water partition coefficient (Wildman–Crippen LogP) is 4.38. The van der Waals surface area contributed by atoms with E-state index in [4.69, 9.17) is 14.2 Å². The molecule has 1 amide bonds. The van der Waals surface area contributed by atoms with Crippen molar-refractivity contribution in [1.29, 1.82) is 0 Å². The van der Waals surface area contributed by atoms with Crippen LogP contribution in [-0.4, -0.2) is 49.6 Å². The van der Waals surface area contributed by atoms with Gasteiger partial charge in [-0.15, -0.1) is 0 Å². The van der Waals surface area contributed by atoms with Gasteiger partial charge in [0.1, 0.15) is 11.5 Å². The van der Waals surface area contributed by atoms with Gasteiger partial charge in [-0.1, -0.05) is 36.4 Å². The van der Waals surface area contributed by atoms with E-state index in [1.165, 1.54) is 4.90 Å². The fourth-order valence-corrected chi connectivity index (χ4v) is 4.28. The molecule has 0 saturated carbocycles. The van der Waals surface area contributed by atoms with Crippen LogP contribution >= 0.6 is 0 Å². The van der Waals surface area contributed by atoms with Crippen molar-refractivity contribution < 1.29 is 28.9 Å². The number of rotatable bonds is 8. The maximum absolute atomic E-state index is 13.2. The van der Waals surface area contributed by atoms with Gasteiger partial charge < -0.3 is 24.2 Å². The number of ketones is 1. The first-order chi connectivity index (χ1) is 17.0. The standard InChI is InChI=1S/C28H27NO6/c1-33-21-12-10-20(11-13-21)26(30)24-25(19-7-5-4-6-8-19)29(28(32)27(24)31)16-15-18-9-14-22(34-2)23(17-18)35-3/h4-14,17,25,30H,15-16H2,1-3H3. The molecule has 0 aliphatic carbocycles. The van der Waals surface area contributed by atoms with Crippen LogP contribution in [0.5, 0.6) is 17.2 Å². The van der Waals surface area contributed by atoms with Gasteiger partial charge in [0, 0.05) is 12.1 Å². The number of hydrogen-bond donors (Lipinski definition) is 1. The van der Waals surface area contributed by atoms with Crippen molar-refractivity contribution in [2.75, 3.05) is 27.9 Å². The predicted molar refractivity (Wildman–Crippen MR) is 132 cm³/mol. The molecule has 0 spiro atoms. The van der Waals surface area contributed by atoms with Gasteiger partial charge in [0.25, 0.3) is 11.7 Å². The van der Waals surface area contributed by atoms with E-state index in [2.05, 4.69) is 0 Å². The molecule has 1 aliphatic heterocycles. The van der Waals surface area contributed by atoms with Crippen molar-refractivity contribution in [2.24, 2.45) is 0 Å². The number of amides is 1. The molecule has 1 atom stereocenters. The Bertz CT molecular complexity index is 1250. The van der Waals surface area contributed by atoms with Crippen LogP contribution in [0.1, 0.15) is 22.7 Å². The van der Waals surface area contributed by atoms with Gasteiger partial charge in [-0.3, -0.25) is 9.59 Å². The quantitative estimate of drug-likeness (QED) is 0.297. The first-order valence-electron chi connectivity index (χ1n) is 11.2. The summed E-state index contributed by atoms with van der Waals surface area (Å²) in [5.41, 5.74) is 2.17. The van der Waals surface area contributed by atoms with Crippen molar-refractivity contribution in [3.8, 4) is 17.2 Å². The SMILES string of the molecule is COc1ccc(C(O)=C2C(=O)C(=O)N(CCc3ccc(OC)c(OC)c3)C2c2ccccc2)cc1. The van der Waals surface area contributed by atoms with E-state index in [-0.39, 0.29) is 17.9 Å². The summed E-state index contributed by atoms with van der Waals surface area (Å²) >= 11 is 0. The second-order valence-electron chi connectivity index (χ2n) is 8.07. The van der Waals surface area contributed by atoms with E-state index >= 15 is 0 Å².